The van der Waals surface area contributed by atoms with Crippen molar-refractivity contribution in [1.82, 2.24) is 14.1 Å². The molecule has 3 heterocycles. The summed E-state index contributed by atoms with van der Waals surface area (Å²) in [4.78, 5) is 42.4. The van der Waals surface area contributed by atoms with Gasteiger partial charge in [-0.3, -0.25) is 23.7 Å². The molecular weight excluding hydrogens is 402 g/mol. The summed E-state index contributed by atoms with van der Waals surface area (Å²) in [5.74, 6) is -0.301. The zero-order valence-corrected chi connectivity index (χ0v) is 17.3. The van der Waals surface area contributed by atoms with E-state index in [0.29, 0.717) is 16.3 Å². The van der Waals surface area contributed by atoms with Crippen molar-refractivity contribution in [1.29, 1.82) is 0 Å². The Morgan fingerprint density at radius 1 is 1.13 bits per heavy atom. The maximum Gasteiger partial charge on any atom is 0.331 e. The van der Waals surface area contributed by atoms with Crippen molar-refractivity contribution in [3.05, 3.63) is 92.4 Å². The lowest BCUT2D eigenvalue weighted by Gasteiger charge is -2.24. The van der Waals surface area contributed by atoms with Crippen LogP contribution in [0, 0.1) is 5.92 Å². The Kier molecular flexibility index (Phi) is 5.85. The van der Waals surface area contributed by atoms with Crippen LogP contribution in [0.1, 0.15) is 16.7 Å². The summed E-state index contributed by atoms with van der Waals surface area (Å²) in [7, 11) is 1.66. The van der Waals surface area contributed by atoms with E-state index in [-0.39, 0.29) is 36.8 Å². The first kappa shape index (κ1) is 20.2. The van der Waals surface area contributed by atoms with Crippen LogP contribution in [0.15, 0.2) is 69.5 Å². The highest BCUT2D eigenvalue weighted by Gasteiger charge is 2.31. The van der Waals surface area contributed by atoms with E-state index in [1.807, 2.05) is 30.3 Å². The van der Waals surface area contributed by atoms with Crippen LogP contribution in [0.3, 0.4) is 0 Å². The zero-order chi connectivity index (χ0) is 21.1. The van der Waals surface area contributed by atoms with Crippen molar-refractivity contribution in [3.63, 3.8) is 0 Å². The minimum absolute atomic E-state index is 0.168. The number of hydrogen-bond acceptors (Lipinski definition) is 6. The second-order valence-corrected chi connectivity index (χ2v) is 8.19. The first-order chi connectivity index (χ1) is 14.5. The Balaban J connectivity index is 1.57. The third-order valence-corrected chi connectivity index (χ3v) is 6.47. The number of carbonyl (C=O) groups is 1. The third-order valence-electron chi connectivity index (χ3n) is 5.10. The molecule has 30 heavy (non-hydrogen) atoms. The number of thioether (sulfide) groups is 1. The van der Waals surface area contributed by atoms with Crippen LogP contribution in [0.2, 0.25) is 0 Å². The van der Waals surface area contributed by atoms with Crippen molar-refractivity contribution < 1.29 is 9.53 Å². The number of benzene rings is 1. The SMILES string of the molecule is Cn1c2c(c(=O)n(Cc3ccccc3)c1=O)CC(C(=O)OCc1ccncc1)CS2. The van der Waals surface area contributed by atoms with Gasteiger partial charge in [0, 0.05) is 30.8 Å². The molecule has 0 N–H and O–H groups in total. The van der Waals surface area contributed by atoms with Gasteiger partial charge in [0.1, 0.15) is 6.61 Å². The number of hydrogen-bond donors (Lipinski definition) is 0. The Labute approximate surface area is 177 Å². The van der Waals surface area contributed by atoms with Gasteiger partial charge in [-0.1, -0.05) is 30.3 Å². The smallest absolute Gasteiger partial charge is 0.331 e. The minimum atomic E-state index is -0.431. The molecule has 0 bridgehead atoms. The number of nitrogens with zero attached hydrogens (tertiary/aromatic N) is 3. The number of carbonyl (C=O) groups excluding carboxylic acids is 1. The quantitative estimate of drug-likeness (QED) is 0.461. The van der Waals surface area contributed by atoms with Gasteiger partial charge < -0.3 is 4.74 Å². The number of pyridine rings is 1. The van der Waals surface area contributed by atoms with Crippen LogP contribution in [-0.2, 0) is 36.2 Å². The molecule has 0 saturated carbocycles. The molecule has 8 heteroatoms. The second kappa shape index (κ2) is 8.71. The average Bonchev–Trinajstić information content (AvgIpc) is 2.80. The van der Waals surface area contributed by atoms with Crippen molar-refractivity contribution in [3.8, 4) is 0 Å². The molecule has 3 aromatic rings. The summed E-state index contributed by atoms with van der Waals surface area (Å²) in [6, 6.07) is 12.9. The molecule has 1 unspecified atom stereocenters. The maximum atomic E-state index is 13.1. The predicted molar refractivity (Wildman–Crippen MR) is 113 cm³/mol. The fraction of sp³-hybridized carbons (Fsp3) is 0.273. The van der Waals surface area contributed by atoms with Gasteiger partial charge in [0.25, 0.3) is 5.56 Å². The van der Waals surface area contributed by atoms with E-state index in [9.17, 15) is 14.4 Å². The standard InChI is InChI=1S/C22H21N3O4S/c1-24-20-18(19(26)25(22(24)28)12-15-5-3-2-4-6-15)11-17(14-30-20)21(27)29-13-16-7-9-23-10-8-16/h2-10,17H,11-14H2,1H3. The van der Waals surface area contributed by atoms with E-state index in [1.54, 1.807) is 31.6 Å². The second-order valence-electron chi connectivity index (χ2n) is 7.18. The molecule has 0 radical (unpaired) electrons. The molecule has 0 spiro atoms. The van der Waals surface area contributed by atoms with E-state index in [1.165, 1.54) is 20.9 Å². The Hall–Kier alpha value is -3.13. The number of ether oxygens (including phenoxy) is 1. The van der Waals surface area contributed by atoms with E-state index in [2.05, 4.69) is 4.98 Å². The Bertz CT molecular complexity index is 1170. The van der Waals surface area contributed by atoms with Crippen LogP contribution < -0.4 is 11.2 Å². The van der Waals surface area contributed by atoms with Crippen LogP contribution in [-0.4, -0.2) is 25.8 Å². The molecule has 4 rings (SSSR count). The number of aromatic nitrogens is 3. The number of rotatable bonds is 5. The first-order valence-corrected chi connectivity index (χ1v) is 10.6. The summed E-state index contributed by atoms with van der Waals surface area (Å²) in [6.07, 6.45) is 3.55. The average molecular weight is 423 g/mol. The van der Waals surface area contributed by atoms with Crippen molar-refractivity contribution in [2.45, 2.75) is 24.6 Å². The lowest BCUT2D eigenvalue weighted by molar-refractivity contribution is -0.149. The van der Waals surface area contributed by atoms with Crippen LogP contribution >= 0.6 is 11.8 Å². The normalized spacial score (nSPS) is 15.4. The highest BCUT2D eigenvalue weighted by molar-refractivity contribution is 7.99. The largest absolute Gasteiger partial charge is 0.461 e. The Morgan fingerprint density at radius 2 is 1.87 bits per heavy atom. The predicted octanol–water partition coefficient (Wildman–Crippen LogP) is 2.00. The zero-order valence-electron chi connectivity index (χ0n) is 16.5. The van der Waals surface area contributed by atoms with Gasteiger partial charge in [-0.25, -0.2) is 4.79 Å². The summed E-state index contributed by atoms with van der Waals surface area (Å²) >= 11 is 1.36. The van der Waals surface area contributed by atoms with Gasteiger partial charge in [-0.15, -0.1) is 11.8 Å². The summed E-state index contributed by atoms with van der Waals surface area (Å²) in [5.41, 5.74) is 1.53. The fourth-order valence-corrected chi connectivity index (χ4v) is 4.69. The van der Waals surface area contributed by atoms with Crippen molar-refractivity contribution >= 4 is 17.7 Å². The molecule has 0 fully saturated rings. The molecule has 1 aromatic carbocycles. The van der Waals surface area contributed by atoms with Crippen molar-refractivity contribution in [2.75, 3.05) is 5.75 Å². The third kappa shape index (κ3) is 4.09. The van der Waals surface area contributed by atoms with E-state index in [0.717, 1.165) is 11.1 Å². The maximum absolute atomic E-state index is 13.1. The monoisotopic (exact) mass is 423 g/mol. The summed E-state index contributed by atoms with van der Waals surface area (Å²) in [6.45, 7) is 0.363. The first-order valence-electron chi connectivity index (χ1n) is 9.59. The highest BCUT2D eigenvalue weighted by atomic mass is 32.2. The van der Waals surface area contributed by atoms with Crippen LogP contribution in [0.5, 0.6) is 0 Å². The lowest BCUT2D eigenvalue weighted by Crippen LogP contribution is -2.44. The van der Waals surface area contributed by atoms with Gasteiger partial charge in [0.05, 0.1) is 17.5 Å². The van der Waals surface area contributed by atoms with Gasteiger partial charge in [-0.2, -0.15) is 0 Å². The lowest BCUT2D eigenvalue weighted by atomic mass is 10.0. The van der Waals surface area contributed by atoms with Gasteiger partial charge in [-0.05, 0) is 29.7 Å². The van der Waals surface area contributed by atoms with E-state index in [4.69, 9.17) is 4.74 Å². The molecule has 1 aliphatic rings. The van der Waals surface area contributed by atoms with Crippen LogP contribution in [0.4, 0.5) is 0 Å². The molecule has 7 nitrogen and oxygen atoms in total. The molecule has 1 atom stereocenters. The van der Waals surface area contributed by atoms with E-state index >= 15 is 0 Å². The van der Waals surface area contributed by atoms with Crippen molar-refractivity contribution in [2.24, 2.45) is 13.0 Å². The molecule has 0 aliphatic carbocycles. The number of esters is 1. The minimum Gasteiger partial charge on any atom is -0.461 e. The molecule has 154 valence electrons. The summed E-state index contributed by atoms with van der Waals surface area (Å²) < 4.78 is 8.18. The molecule has 1 aliphatic heterocycles. The van der Waals surface area contributed by atoms with Crippen LogP contribution in [0.25, 0.3) is 0 Å². The fourth-order valence-electron chi connectivity index (χ4n) is 3.46. The molecular formula is C22H21N3O4S. The van der Waals surface area contributed by atoms with Gasteiger partial charge >= 0.3 is 11.7 Å². The van der Waals surface area contributed by atoms with Gasteiger partial charge in [0.15, 0.2) is 0 Å². The Morgan fingerprint density at radius 3 is 2.60 bits per heavy atom. The number of fused-ring (bicyclic) bond motifs is 1. The molecule has 2 aromatic heterocycles. The van der Waals surface area contributed by atoms with Gasteiger partial charge in [0.2, 0.25) is 0 Å². The highest BCUT2D eigenvalue weighted by Crippen LogP contribution is 2.30. The molecule has 0 saturated heterocycles. The van der Waals surface area contributed by atoms with E-state index < -0.39 is 5.92 Å². The topological polar surface area (TPSA) is 83.2 Å². The molecule has 0 amide bonds. The summed E-state index contributed by atoms with van der Waals surface area (Å²) in [5, 5.41) is 0.632.